The van der Waals surface area contributed by atoms with Crippen molar-refractivity contribution in [2.45, 2.75) is 0 Å². The van der Waals surface area contributed by atoms with Gasteiger partial charge in [-0.3, -0.25) is 10.1 Å². The van der Waals surface area contributed by atoms with Gasteiger partial charge in [0.15, 0.2) is 5.11 Å². The highest BCUT2D eigenvalue weighted by Gasteiger charge is 2.08. The normalized spacial score (nSPS) is 11.0. The first-order valence-electron chi connectivity index (χ1n) is 8.47. The first-order valence-corrected chi connectivity index (χ1v) is 9.69. The van der Waals surface area contributed by atoms with Crippen LogP contribution in [0, 0.1) is 0 Å². The van der Waals surface area contributed by atoms with Gasteiger partial charge in [0.05, 0.1) is 16.5 Å². The fourth-order valence-corrected chi connectivity index (χ4v) is 3.77. The van der Waals surface area contributed by atoms with Gasteiger partial charge in [0.25, 0.3) is 0 Å². The maximum absolute atomic E-state index is 12.0. The molecule has 2 aromatic heterocycles. The van der Waals surface area contributed by atoms with E-state index in [1.807, 2.05) is 42.5 Å². The third-order valence-electron chi connectivity index (χ3n) is 3.84. The minimum absolute atomic E-state index is 0.218. The van der Waals surface area contributed by atoms with Gasteiger partial charge in [-0.05, 0) is 54.7 Å². The first kappa shape index (κ1) is 18.1. The molecule has 138 valence electrons. The number of rotatable bonds is 4. The second-order valence-corrected chi connectivity index (χ2v) is 7.30. The average molecular weight is 406 g/mol. The molecule has 0 aliphatic heterocycles. The molecule has 5 nitrogen and oxygen atoms in total. The molecule has 4 rings (SSSR count). The summed E-state index contributed by atoms with van der Waals surface area (Å²) in [4.78, 5) is 16.6. The maximum Gasteiger partial charge on any atom is 0.250 e. The maximum atomic E-state index is 12.0. The summed E-state index contributed by atoms with van der Waals surface area (Å²) >= 11 is 6.86. The summed E-state index contributed by atoms with van der Waals surface area (Å²) in [5, 5.41) is 6.79. The molecule has 1 amide bonds. The molecule has 0 aliphatic carbocycles. The Morgan fingerprint density at radius 1 is 1.11 bits per heavy atom. The third-order valence-corrected chi connectivity index (χ3v) is 5.13. The van der Waals surface area contributed by atoms with Crippen molar-refractivity contribution in [3.63, 3.8) is 0 Å². The number of hydrogen-bond acceptors (Lipinski definition) is 5. The first-order chi connectivity index (χ1) is 13.7. The Kier molecular flexibility index (Phi) is 5.27. The van der Waals surface area contributed by atoms with Gasteiger partial charge in [-0.1, -0.05) is 24.3 Å². The number of para-hydroxylation sites is 1. The van der Waals surface area contributed by atoms with Crippen molar-refractivity contribution in [1.29, 1.82) is 0 Å². The van der Waals surface area contributed by atoms with E-state index < -0.39 is 0 Å². The van der Waals surface area contributed by atoms with Crippen LogP contribution in [0.15, 0.2) is 77.4 Å². The molecule has 0 fully saturated rings. The number of nitrogens with one attached hydrogen (secondary N) is 2. The summed E-state index contributed by atoms with van der Waals surface area (Å²) in [5.41, 5.74) is 2.74. The van der Waals surface area contributed by atoms with Gasteiger partial charge in [-0.2, -0.15) is 0 Å². The molecular weight excluding hydrogens is 390 g/mol. The lowest BCUT2D eigenvalue weighted by molar-refractivity contribution is -0.115. The molecule has 2 aromatic carbocycles. The van der Waals surface area contributed by atoms with Gasteiger partial charge in [0.2, 0.25) is 5.91 Å². The molecule has 0 unspecified atom stereocenters. The van der Waals surface area contributed by atoms with Gasteiger partial charge < -0.3 is 9.73 Å². The summed E-state index contributed by atoms with van der Waals surface area (Å²) in [6, 6.07) is 19.3. The van der Waals surface area contributed by atoms with Crippen molar-refractivity contribution < 1.29 is 9.21 Å². The number of fused-ring (bicyclic) bond motifs is 1. The van der Waals surface area contributed by atoms with E-state index in [9.17, 15) is 4.79 Å². The zero-order valence-electron chi connectivity index (χ0n) is 14.6. The lowest BCUT2D eigenvalue weighted by atomic mass is 10.2. The second-order valence-electron chi connectivity index (χ2n) is 5.86. The largest absolute Gasteiger partial charge is 0.465 e. The third kappa shape index (κ3) is 4.33. The Bertz CT molecular complexity index is 1130. The zero-order valence-corrected chi connectivity index (χ0v) is 16.2. The van der Waals surface area contributed by atoms with Gasteiger partial charge in [0.1, 0.15) is 10.8 Å². The monoisotopic (exact) mass is 405 g/mol. The molecule has 0 bridgehead atoms. The molecular formula is C21H15N3O2S2. The van der Waals surface area contributed by atoms with Crippen molar-refractivity contribution >= 4 is 56.6 Å². The fraction of sp³-hybridized carbons (Fsp3) is 0. The summed E-state index contributed by atoms with van der Waals surface area (Å²) in [6.07, 6.45) is 4.48. The van der Waals surface area contributed by atoms with E-state index in [4.69, 9.17) is 16.6 Å². The van der Waals surface area contributed by atoms with E-state index in [-0.39, 0.29) is 11.0 Å². The quantitative estimate of drug-likeness (QED) is 0.366. The Balaban J connectivity index is 1.42. The topological polar surface area (TPSA) is 67.2 Å². The molecule has 28 heavy (non-hydrogen) atoms. The summed E-state index contributed by atoms with van der Waals surface area (Å²) < 4.78 is 6.28. The molecule has 4 aromatic rings. The van der Waals surface area contributed by atoms with Gasteiger partial charge in [0, 0.05) is 17.3 Å². The molecule has 0 saturated heterocycles. The summed E-state index contributed by atoms with van der Waals surface area (Å²) in [7, 11) is 0. The number of furan rings is 1. The lowest BCUT2D eigenvalue weighted by Gasteiger charge is -2.09. The number of carbonyl (C=O) groups excluding carboxylic acids is 1. The fourth-order valence-electron chi connectivity index (χ4n) is 2.59. The van der Waals surface area contributed by atoms with E-state index in [0.29, 0.717) is 5.76 Å². The smallest absolute Gasteiger partial charge is 0.250 e. The van der Waals surface area contributed by atoms with Crippen LogP contribution in [-0.4, -0.2) is 16.0 Å². The molecule has 2 N–H and O–H groups in total. The van der Waals surface area contributed by atoms with Crippen LogP contribution in [0.3, 0.4) is 0 Å². The van der Waals surface area contributed by atoms with E-state index in [1.165, 1.54) is 6.08 Å². The Labute approximate surface area is 170 Å². The standard InChI is InChI=1S/C21H15N3O2S2/c25-19(11-10-16-7-4-12-26-16)24-21(27)22-15-6-3-5-14(13-15)20-23-17-8-1-2-9-18(17)28-20/h1-13H,(H2,22,24,25,27)/b11-10-. The van der Waals surface area contributed by atoms with Gasteiger partial charge in [-0.15, -0.1) is 11.3 Å². The molecule has 0 spiro atoms. The Morgan fingerprint density at radius 3 is 2.82 bits per heavy atom. The lowest BCUT2D eigenvalue weighted by Crippen LogP contribution is -2.32. The molecule has 0 atom stereocenters. The van der Waals surface area contributed by atoms with Crippen molar-refractivity contribution in [2.24, 2.45) is 0 Å². The highest BCUT2D eigenvalue weighted by Crippen LogP contribution is 2.31. The number of nitrogens with zero attached hydrogens (tertiary/aromatic N) is 1. The SMILES string of the molecule is O=C(/C=C\c1ccco1)NC(=S)Nc1cccc(-c2nc3ccccc3s2)c1. The van der Waals surface area contributed by atoms with Gasteiger partial charge >= 0.3 is 0 Å². The van der Waals surface area contributed by atoms with Gasteiger partial charge in [-0.25, -0.2) is 4.98 Å². The highest BCUT2D eigenvalue weighted by molar-refractivity contribution is 7.80. The number of anilines is 1. The van der Waals surface area contributed by atoms with Crippen LogP contribution < -0.4 is 10.6 Å². The molecule has 0 radical (unpaired) electrons. The van der Waals surface area contributed by atoms with E-state index in [0.717, 1.165) is 26.5 Å². The summed E-state index contributed by atoms with van der Waals surface area (Å²) in [5.74, 6) is 0.258. The summed E-state index contributed by atoms with van der Waals surface area (Å²) in [6.45, 7) is 0. The van der Waals surface area contributed by atoms with Crippen LogP contribution in [0.1, 0.15) is 5.76 Å². The highest BCUT2D eigenvalue weighted by atomic mass is 32.1. The van der Waals surface area contributed by atoms with Crippen LogP contribution in [-0.2, 0) is 4.79 Å². The van der Waals surface area contributed by atoms with Crippen molar-refractivity contribution in [1.82, 2.24) is 10.3 Å². The van der Waals surface area contributed by atoms with E-state index in [1.54, 1.807) is 35.8 Å². The van der Waals surface area contributed by atoms with E-state index >= 15 is 0 Å². The molecule has 0 saturated carbocycles. The Morgan fingerprint density at radius 2 is 2.00 bits per heavy atom. The van der Waals surface area contributed by atoms with Crippen LogP contribution in [0.25, 0.3) is 26.9 Å². The number of benzene rings is 2. The predicted molar refractivity (Wildman–Crippen MR) is 117 cm³/mol. The molecule has 7 heteroatoms. The molecule has 0 aliphatic rings. The second kappa shape index (κ2) is 8.16. The number of thiocarbonyl (C=S) groups is 1. The number of hydrogen-bond donors (Lipinski definition) is 2. The number of aromatic nitrogens is 1. The van der Waals surface area contributed by atoms with Crippen LogP contribution in [0.2, 0.25) is 0 Å². The van der Waals surface area contributed by atoms with Crippen LogP contribution in [0.4, 0.5) is 5.69 Å². The zero-order chi connectivity index (χ0) is 19.3. The average Bonchev–Trinajstić information content (AvgIpc) is 3.36. The minimum atomic E-state index is -0.337. The Hall–Kier alpha value is -3.29. The van der Waals surface area contributed by atoms with E-state index in [2.05, 4.69) is 21.7 Å². The van der Waals surface area contributed by atoms with Crippen LogP contribution in [0.5, 0.6) is 0 Å². The number of carbonyl (C=O) groups is 1. The van der Waals surface area contributed by atoms with Crippen molar-refractivity contribution in [3.8, 4) is 10.6 Å². The molecule has 2 heterocycles. The predicted octanol–water partition coefficient (Wildman–Crippen LogP) is 5.08. The van der Waals surface area contributed by atoms with Crippen LogP contribution >= 0.6 is 23.6 Å². The number of thiazole rings is 1. The minimum Gasteiger partial charge on any atom is -0.465 e. The van der Waals surface area contributed by atoms with Crippen molar-refractivity contribution in [2.75, 3.05) is 5.32 Å². The van der Waals surface area contributed by atoms with Crippen molar-refractivity contribution in [3.05, 3.63) is 78.8 Å². The number of amides is 1.